The molecule has 4 rings (SSSR count). The van der Waals surface area contributed by atoms with Crippen molar-refractivity contribution in [3.8, 4) is 0 Å². The lowest BCUT2D eigenvalue weighted by atomic mass is 9.97. The third kappa shape index (κ3) is 6.39. The first-order valence-electron chi connectivity index (χ1n) is 12.6. The maximum Gasteiger partial charge on any atom is 0.248 e. The molecule has 0 bridgehead atoms. The second kappa shape index (κ2) is 11.5. The lowest BCUT2D eigenvalue weighted by Crippen LogP contribution is -2.43. The number of piperidine rings is 1. The molecule has 9 heteroatoms. The number of hydrogen-bond donors (Lipinski definition) is 1. The largest absolute Gasteiger partial charge is 0.356 e. The summed E-state index contributed by atoms with van der Waals surface area (Å²) in [6.45, 7) is 8.29. The fourth-order valence-corrected chi connectivity index (χ4v) is 6.52. The summed E-state index contributed by atoms with van der Waals surface area (Å²) < 4.78 is 33.7. The van der Waals surface area contributed by atoms with Crippen molar-refractivity contribution in [1.82, 2.24) is 19.7 Å². The van der Waals surface area contributed by atoms with Crippen LogP contribution in [-0.2, 0) is 14.8 Å². The molecule has 35 heavy (non-hydrogen) atoms. The van der Waals surface area contributed by atoms with Gasteiger partial charge in [-0.3, -0.25) is 4.79 Å². The Balaban J connectivity index is 1.32. The van der Waals surface area contributed by atoms with Crippen molar-refractivity contribution in [3.05, 3.63) is 46.8 Å². The van der Waals surface area contributed by atoms with E-state index in [2.05, 4.69) is 15.4 Å². The zero-order valence-electron chi connectivity index (χ0n) is 20.7. The number of carbonyl (C=O) groups is 1. The standard InChI is InChI=1S/C26H36N4O4S/c1-20-6-8-22(9-7-20)10-11-24-25(21(2)28-34-24)35(32,33)30-18-12-23(13-19-30)26(31)27-14-5-17-29-15-3-4-16-29/h6-11,23H,3-5,12-19H2,1-2H3,(H,27,31)/b11-10+. The lowest BCUT2D eigenvalue weighted by molar-refractivity contribution is -0.126. The Morgan fingerprint density at radius 1 is 1.09 bits per heavy atom. The van der Waals surface area contributed by atoms with Gasteiger partial charge in [0.25, 0.3) is 0 Å². The van der Waals surface area contributed by atoms with E-state index in [1.165, 1.54) is 17.1 Å². The van der Waals surface area contributed by atoms with Gasteiger partial charge in [-0.05, 0) is 77.2 Å². The van der Waals surface area contributed by atoms with Gasteiger partial charge in [-0.15, -0.1) is 0 Å². The first-order valence-corrected chi connectivity index (χ1v) is 14.0. The zero-order valence-corrected chi connectivity index (χ0v) is 21.5. The molecule has 0 unspecified atom stereocenters. The van der Waals surface area contributed by atoms with Crippen LogP contribution in [0.1, 0.15) is 54.7 Å². The van der Waals surface area contributed by atoms with E-state index in [0.717, 1.165) is 37.2 Å². The molecule has 0 aliphatic carbocycles. The number of likely N-dealkylation sites (tertiary alicyclic amines) is 1. The number of aromatic nitrogens is 1. The third-order valence-corrected chi connectivity index (χ3v) is 8.97. The summed E-state index contributed by atoms with van der Waals surface area (Å²) in [4.78, 5) is 15.1. The molecule has 0 radical (unpaired) electrons. The summed E-state index contributed by atoms with van der Waals surface area (Å²) >= 11 is 0. The first kappa shape index (κ1) is 25.6. The highest BCUT2D eigenvalue weighted by molar-refractivity contribution is 7.89. The van der Waals surface area contributed by atoms with Gasteiger partial charge in [0.2, 0.25) is 15.9 Å². The van der Waals surface area contributed by atoms with E-state index in [1.54, 1.807) is 13.0 Å². The van der Waals surface area contributed by atoms with Gasteiger partial charge in [0, 0.05) is 25.6 Å². The van der Waals surface area contributed by atoms with Crippen LogP contribution in [0.2, 0.25) is 0 Å². The van der Waals surface area contributed by atoms with Crippen molar-refractivity contribution in [3.63, 3.8) is 0 Å². The lowest BCUT2D eigenvalue weighted by Gasteiger charge is -2.30. The minimum atomic E-state index is -3.78. The van der Waals surface area contributed by atoms with Crippen LogP contribution in [0.3, 0.4) is 0 Å². The van der Waals surface area contributed by atoms with Gasteiger partial charge in [0.05, 0.1) is 0 Å². The highest BCUT2D eigenvalue weighted by Crippen LogP contribution is 2.29. The monoisotopic (exact) mass is 500 g/mol. The van der Waals surface area contributed by atoms with E-state index in [0.29, 0.717) is 38.2 Å². The average molecular weight is 501 g/mol. The second-order valence-electron chi connectivity index (χ2n) is 9.58. The van der Waals surface area contributed by atoms with E-state index in [4.69, 9.17) is 4.52 Å². The van der Waals surface area contributed by atoms with E-state index in [-0.39, 0.29) is 22.5 Å². The van der Waals surface area contributed by atoms with Gasteiger partial charge >= 0.3 is 0 Å². The predicted molar refractivity (Wildman–Crippen MR) is 136 cm³/mol. The fraction of sp³-hybridized carbons (Fsp3) is 0.538. The fourth-order valence-electron chi connectivity index (χ4n) is 4.80. The van der Waals surface area contributed by atoms with Gasteiger partial charge in [0.15, 0.2) is 10.7 Å². The maximum atomic E-state index is 13.4. The number of aryl methyl sites for hydroxylation is 2. The number of sulfonamides is 1. The van der Waals surface area contributed by atoms with Crippen molar-refractivity contribution in [1.29, 1.82) is 0 Å². The van der Waals surface area contributed by atoms with Crippen LogP contribution in [-0.4, -0.2) is 68.0 Å². The number of amides is 1. The minimum absolute atomic E-state index is 0.0337. The van der Waals surface area contributed by atoms with Crippen molar-refractivity contribution in [2.24, 2.45) is 5.92 Å². The highest BCUT2D eigenvalue weighted by Gasteiger charge is 2.35. The molecule has 1 aromatic heterocycles. The van der Waals surface area contributed by atoms with Crippen molar-refractivity contribution in [2.75, 3.05) is 39.3 Å². The molecule has 0 saturated carbocycles. The molecule has 1 amide bonds. The van der Waals surface area contributed by atoms with E-state index in [1.807, 2.05) is 37.3 Å². The number of rotatable bonds is 9. The molecular weight excluding hydrogens is 464 g/mol. The van der Waals surface area contributed by atoms with Crippen molar-refractivity contribution < 1.29 is 17.7 Å². The van der Waals surface area contributed by atoms with Crippen LogP contribution in [0.5, 0.6) is 0 Å². The third-order valence-electron chi connectivity index (χ3n) is 6.91. The van der Waals surface area contributed by atoms with Crippen LogP contribution in [0.15, 0.2) is 33.7 Å². The topological polar surface area (TPSA) is 95.8 Å². The highest BCUT2D eigenvalue weighted by atomic mass is 32.2. The quantitative estimate of drug-likeness (QED) is 0.530. The maximum absolute atomic E-state index is 13.4. The SMILES string of the molecule is Cc1ccc(/C=C/c2onc(C)c2S(=O)(=O)N2CCC(C(=O)NCCCN3CCCC3)CC2)cc1. The first-order chi connectivity index (χ1) is 16.8. The van der Waals surface area contributed by atoms with E-state index in [9.17, 15) is 13.2 Å². The van der Waals surface area contributed by atoms with Gasteiger partial charge in [0.1, 0.15) is 5.69 Å². The van der Waals surface area contributed by atoms with Gasteiger partial charge in [-0.2, -0.15) is 4.31 Å². The zero-order chi connectivity index (χ0) is 24.8. The molecule has 1 aromatic carbocycles. The molecular formula is C26H36N4O4S. The Morgan fingerprint density at radius 2 is 1.77 bits per heavy atom. The Bertz CT molecular complexity index is 1130. The number of carbonyl (C=O) groups excluding carboxylic acids is 1. The van der Waals surface area contributed by atoms with Crippen LogP contribution in [0, 0.1) is 19.8 Å². The molecule has 0 atom stereocenters. The van der Waals surface area contributed by atoms with Gasteiger partial charge < -0.3 is 14.7 Å². The van der Waals surface area contributed by atoms with Crippen molar-refractivity contribution >= 4 is 28.1 Å². The van der Waals surface area contributed by atoms with Crippen LogP contribution in [0.4, 0.5) is 0 Å². The summed E-state index contributed by atoms with van der Waals surface area (Å²) in [5.41, 5.74) is 2.44. The minimum Gasteiger partial charge on any atom is -0.356 e. The summed E-state index contributed by atoms with van der Waals surface area (Å²) in [5.74, 6) is 0.102. The van der Waals surface area contributed by atoms with Gasteiger partial charge in [-0.1, -0.05) is 41.1 Å². The molecule has 2 saturated heterocycles. The number of nitrogens with one attached hydrogen (secondary N) is 1. The molecule has 1 N–H and O–H groups in total. The Labute approximate surface area is 208 Å². The molecule has 8 nitrogen and oxygen atoms in total. The normalized spacial score (nSPS) is 18.5. The Morgan fingerprint density at radius 3 is 2.46 bits per heavy atom. The molecule has 2 aliphatic rings. The summed E-state index contributed by atoms with van der Waals surface area (Å²) in [5, 5.41) is 6.96. The summed E-state index contributed by atoms with van der Waals surface area (Å²) in [6, 6.07) is 7.92. The number of benzene rings is 1. The Hall–Kier alpha value is -2.49. The van der Waals surface area contributed by atoms with Crippen LogP contribution >= 0.6 is 0 Å². The van der Waals surface area contributed by atoms with Crippen LogP contribution in [0.25, 0.3) is 12.2 Å². The smallest absolute Gasteiger partial charge is 0.248 e. The molecule has 190 valence electrons. The number of nitrogens with zero attached hydrogens (tertiary/aromatic N) is 3. The molecule has 2 aliphatic heterocycles. The predicted octanol–water partition coefficient (Wildman–Crippen LogP) is 3.46. The molecule has 3 heterocycles. The summed E-state index contributed by atoms with van der Waals surface area (Å²) in [6.07, 6.45) is 7.98. The van der Waals surface area contributed by atoms with Gasteiger partial charge in [-0.25, -0.2) is 8.42 Å². The van der Waals surface area contributed by atoms with E-state index >= 15 is 0 Å². The molecule has 0 spiro atoms. The Kier molecular flexibility index (Phi) is 8.41. The van der Waals surface area contributed by atoms with E-state index < -0.39 is 10.0 Å². The molecule has 2 fully saturated rings. The van der Waals surface area contributed by atoms with Crippen molar-refractivity contribution in [2.45, 2.75) is 50.8 Å². The average Bonchev–Trinajstić information content (AvgIpc) is 3.51. The van der Waals surface area contributed by atoms with Crippen LogP contribution < -0.4 is 5.32 Å². The number of hydrogen-bond acceptors (Lipinski definition) is 6. The summed E-state index contributed by atoms with van der Waals surface area (Å²) in [7, 11) is -3.78. The molecule has 2 aromatic rings. The second-order valence-corrected chi connectivity index (χ2v) is 11.5.